The zero-order valence-electron chi connectivity index (χ0n) is 18.2. The van der Waals surface area contributed by atoms with Gasteiger partial charge in [0.25, 0.3) is 0 Å². The van der Waals surface area contributed by atoms with E-state index >= 15 is 0 Å². The Morgan fingerprint density at radius 1 is 0.613 bits per heavy atom. The molecule has 0 amide bonds. The van der Waals surface area contributed by atoms with E-state index < -0.39 is 7.92 Å². The van der Waals surface area contributed by atoms with E-state index in [1.54, 1.807) is 0 Å². The van der Waals surface area contributed by atoms with Gasteiger partial charge in [-0.15, -0.1) is 0 Å². The van der Waals surface area contributed by atoms with E-state index in [9.17, 15) is 0 Å². The fraction of sp³-hybridized carbons (Fsp3) is 0.107. The van der Waals surface area contributed by atoms with Crippen molar-refractivity contribution in [2.45, 2.75) is 13.8 Å². The lowest BCUT2D eigenvalue weighted by Gasteiger charge is -2.29. The lowest BCUT2D eigenvalue weighted by molar-refractivity contribution is 1.26. The molecule has 0 fully saturated rings. The first-order valence-electron chi connectivity index (χ1n) is 10.5. The van der Waals surface area contributed by atoms with E-state index in [1.165, 1.54) is 21.7 Å². The van der Waals surface area contributed by atoms with Crippen molar-refractivity contribution in [3.05, 3.63) is 120 Å². The van der Waals surface area contributed by atoms with Gasteiger partial charge in [0.2, 0.25) is 0 Å². The van der Waals surface area contributed by atoms with Gasteiger partial charge in [-0.3, -0.25) is 0 Å². The fourth-order valence-electron chi connectivity index (χ4n) is 3.43. The second kappa shape index (κ2) is 9.73. The summed E-state index contributed by atoms with van der Waals surface area (Å²) in [7, 11) is 1.28. The Bertz CT molecular complexity index is 1100. The van der Waals surface area contributed by atoms with Crippen molar-refractivity contribution >= 4 is 35.5 Å². The van der Waals surface area contributed by atoms with Crippen molar-refractivity contribution in [1.82, 2.24) is 0 Å². The van der Waals surface area contributed by atoms with Crippen LogP contribution in [0.3, 0.4) is 0 Å². The van der Waals surface area contributed by atoms with Crippen molar-refractivity contribution in [2.24, 2.45) is 4.99 Å². The van der Waals surface area contributed by atoms with Crippen LogP contribution in [0.2, 0.25) is 0 Å². The lowest BCUT2D eigenvalue weighted by atomic mass is 10.2. The zero-order valence-corrected chi connectivity index (χ0v) is 19.1. The predicted molar refractivity (Wildman–Crippen MR) is 137 cm³/mol. The first kappa shape index (κ1) is 21.0. The van der Waals surface area contributed by atoms with Crippen LogP contribution in [0.4, 0.5) is 11.4 Å². The average molecular weight is 423 g/mol. The Morgan fingerprint density at radius 2 is 1.06 bits per heavy atom. The number of aryl methyl sites for hydroxylation is 2. The minimum absolute atomic E-state index is 0.840. The molecule has 0 atom stereocenters. The number of benzene rings is 4. The summed E-state index contributed by atoms with van der Waals surface area (Å²) >= 11 is 0. The van der Waals surface area contributed by atoms with E-state index in [2.05, 4.69) is 135 Å². The summed E-state index contributed by atoms with van der Waals surface area (Å²) in [5.74, 6) is 0. The highest BCUT2D eigenvalue weighted by Gasteiger charge is 2.24. The predicted octanol–water partition coefficient (Wildman–Crippen LogP) is 6.56. The molecule has 0 unspecified atom stereocenters. The van der Waals surface area contributed by atoms with Gasteiger partial charge in [0, 0.05) is 20.7 Å². The smallest absolute Gasteiger partial charge is 0.141 e. The molecule has 0 aliphatic carbocycles. The van der Waals surface area contributed by atoms with Crippen molar-refractivity contribution in [1.29, 1.82) is 0 Å². The van der Waals surface area contributed by atoms with Gasteiger partial charge in [-0.1, -0.05) is 96.1 Å². The molecular weight excluding hydrogens is 395 g/mol. The Balaban J connectivity index is 1.90. The molecule has 4 rings (SSSR count). The van der Waals surface area contributed by atoms with Crippen molar-refractivity contribution in [3.63, 3.8) is 0 Å². The minimum atomic E-state index is -0.840. The Labute approximate surface area is 186 Å². The third-order valence-electron chi connectivity index (χ3n) is 5.21. The molecule has 0 saturated carbocycles. The molecule has 0 saturated heterocycles. The van der Waals surface area contributed by atoms with Crippen LogP contribution in [0.15, 0.2) is 114 Å². The van der Waals surface area contributed by atoms with Crippen LogP contribution in [0.5, 0.6) is 0 Å². The average Bonchev–Trinajstić information content (AvgIpc) is 2.81. The summed E-state index contributed by atoms with van der Waals surface area (Å²) in [4.78, 5) is 7.46. The molecule has 0 spiro atoms. The monoisotopic (exact) mass is 422 g/mol. The van der Waals surface area contributed by atoms with Gasteiger partial charge in [0.15, 0.2) is 0 Å². The number of aliphatic imine (C=N–C) groups is 1. The second-order valence-corrected chi connectivity index (χ2v) is 9.75. The highest BCUT2D eigenvalue weighted by molar-refractivity contribution is 7.88. The van der Waals surface area contributed by atoms with Crippen molar-refractivity contribution < 1.29 is 0 Å². The van der Waals surface area contributed by atoms with Crippen LogP contribution in [0.1, 0.15) is 11.1 Å². The molecule has 3 heteroatoms. The highest BCUT2D eigenvalue weighted by Crippen LogP contribution is 2.39. The number of hydrogen-bond acceptors (Lipinski definition) is 1. The molecule has 0 N–H and O–H groups in total. The van der Waals surface area contributed by atoms with Crippen LogP contribution in [-0.4, -0.2) is 12.6 Å². The van der Waals surface area contributed by atoms with Gasteiger partial charge in [0.1, 0.15) is 5.58 Å². The third kappa shape index (κ3) is 5.10. The molecule has 4 aromatic carbocycles. The highest BCUT2D eigenvalue weighted by atomic mass is 31.1. The molecule has 2 nitrogen and oxygen atoms in total. The lowest BCUT2D eigenvalue weighted by Crippen LogP contribution is -2.31. The van der Waals surface area contributed by atoms with E-state index in [0.29, 0.717) is 0 Å². The molecule has 0 radical (unpaired) electrons. The van der Waals surface area contributed by atoms with Crippen LogP contribution >= 0.6 is 7.92 Å². The number of nitrogens with zero attached hydrogens (tertiary/aromatic N) is 2. The van der Waals surface area contributed by atoms with Crippen LogP contribution in [0, 0.1) is 13.8 Å². The summed E-state index contributed by atoms with van der Waals surface area (Å²) in [6.45, 7) is 4.22. The molecule has 4 aromatic rings. The van der Waals surface area contributed by atoms with Crippen LogP contribution in [-0.2, 0) is 0 Å². The van der Waals surface area contributed by atoms with Crippen LogP contribution in [0.25, 0.3) is 0 Å². The summed E-state index contributed by atoms with van der Waals surface area (Å²) in [5.41, 5.74) is 5.65. The first-order valence-corrected chi connectivity index (χ1v) is 11.8. The van der Waals surface area contributed by atoms with Gasteiger partial charge in [0.05, 0.1) is 5.69 Å². The molecule has 0 aliphatic rings. The number of anilines is 1. The Kier molecular flexibility index (Phi) is 6.60. The van der Waals surface area contributed by atoms with Gasteiger partial charge >= 0.3 is 0 Å². The number of hydrogen-bond donors (Lipinski definition) is 0. The quantitative estimate of drug-likeness (QED) is 0.202. The summed E-state index contributed by atoms with van der Waals surface area (Å²) in [5, 5.41) is 2.57. The Morgan fingerprint density at radius 3 is 1.55 bits per heavy atom. The van der Waals surface area contributed by atoms with Gasteiger partial charge in [-0.25, -0.2) is 4.99 Å². The molecule has 0 aliphatic heterocycles. The maximum atomic E-state index is 5.22. The zero-order chi connectivity index (χ0) is 21.6. The SMILES string of the molecule is Cc1ccc(N=C(N(C)c2ccc(C)cc2)P(c2ccccc2)c2ccccc2)cc1. The summed E-state index contributed by atoms with van der Waals surface area (Å²) in [6.07, 6.45) is 0. The topological polar surface area (TPSA) is 15.6 Å². The second-order valence-electron chi connectivity index (χ2n) is 7.65. The molecule has 0 heterocycles. The van der Waals surface area contributed by atoms with Crippen molar-refractivity contribution in [3.8, 4) is 0 Å². The largest absolute Gasteiger partial charge is 0.329 e. The van der Waals surface area contributed by atoms with Crippen molar-refractivity contribution in [2.75, 3.05) is 11.9 Å². The maximum Gasteiger partial charge on any atom is 0.141 e. The van der Waals surface area contributed by atoms with E-state index in [4.69, 9.17) is 4.99 Å². The summed E-state index contributed by atoms with van der Waals surface area (Å²) < 4.78 is 0. The van der Waals surface area contributed by atoms with Gasteiger partial charge < -0.3 is 4.90 Å². The van der Waals surface area contributed by atoms with E-state index in [0.717, 1.165) is 17.0 Å². The molecular formula is C28H27N2P. The van der Waals surface area contributed by atoms with Gasteiger partial charge in [-0.05, 0) is 48.7 Å². The molecule has 0 aromatic heterocycles. The standard InChI is InChI=1S/C28H27N2P/c1-22-14-18-24(19-15-22)29-28(30(3)25-20-16-23(2)17-21-25)31(26-10-6-4-7-11-26)27-12-8-5-9-13-27/h4-21H,1-3H3. The van der Waals surface area contributed by atoms with Gasteiger partial charge in [-0.2, -0.15) is 0 Å². The number of amidine groups is 1. The maximum absolute atomic E-state index is 5.22. The molecule has 154 valence electrons. The summed E-state index contributed by atoms with van der Waals surface area (Å²) in [6, 6.07) is 38.5. The van der Waals surface area contributed by atoms with E-state index in [-0.39, 0.29) is 0 Å². The van der Waals surface area contributed by atoms with Crippen LogP contribution < -0.4 is 15.5 Å². The minimum Gasteiger partial charge on any atom is -0.329 e. The first-order chi connectivity index (χ1) is 15.1. The molecule has 31 heavy (non-hydrogen) atoms. The normalized spacial score (nSPS) is 11.5. The number of rotatable bonds is 5. The third-order valence-corrected chi connectivity index (χ3v) is 7.64. The Hall–Kier alpha value is -3.22. The van der Waals surface area contributed by atoms with E-state index in [1.807, 2.05) is 0 Å². The molecule has 0 bridgehead atoms. The fourth-order valence-corrected chi connectivity index (χ4v) is 5.76.